The van der Waals surface area contributed by atoms with E-state index in [1.54, 1.807) is 29.5 Å². The van der Waals surface area contributed by atoms with E-state index in [-0.39, 0.29) is 17.0 Å². The van der Waals surface area contributed by atoms with Crippen LogP contribution in [0.3, 0.4) is 0 Å². The summed E-state index contributed by atoms with van der Waals surface area (Å²) in [6.45, 7) is 1.87. The number of aromatic nitrogens is 2. The van der Waals surface area contributed by atoms with Crippen LogP contribution in [0.25, 0.3) is 6.08 Å². The Morgan fingerprint density at radius 1 is 1.06 bits per heavy atom. The first-order valence-electron chi connectivity index (χ1n) is 10.3. The zero-order chi connectivity index (χ0) is 23.2. The maximum atomic E-state index is 13.6. The van der Waals surface area contributed by atoms with Crippen LogP contribution in [-0.4, -0.2) is 28.7 Å². The average molecular weight is 477 g/mol. The molecular weight excluding hydrogens is 456 g/mol. The van der Waals surface area contributed by atoms with Gasteiger partial charge in [0.25, 0.3) is 10.0 Å². The summed E-state index contributed by atoms with van der Waals surface area (Å²) in [6.07, 6.45) is 3.91. The van der Waals surface area contributed by atoms with Gasteiger partial charge in [0.1, 0.15) is 0 Å². The van der Waals surface area contributed by atoms with Gasteiger partial charge in [0, 0.05) is 17.4 Å². The van der Waals surface area contributed by atoms with Crippen molar-refractivity contribution in [1.29, 1.82) is 0 Å². The summed E-state index contributed by atoms with van der Waals surface area (Å²) in [6, 6.07) is 18.3. The largest absolute Gasteiger partial charge is 0.476 e. The summed E-state index contributed by atoms with van der Waals surface area (Å²) in [5, 5.41) is 17.9. The summed E-state index contributed by atoms with van der Waals surface area (Å²) in [4.78, 5) is 12.0. The first-order valence-corrected chi connectivity index (χ1v) is 12.7. The molecule has 2 aromatic carbocycles. The van der Waals surface area contributed by atoms with Crippen LogP contribution in [0.2, 0.25) is 0 Å². The molecule has 166 valence electrons. The lowest BCUT2D eigenvalue weighted by Gasteiger charge is -2.34. The zero-order valence-electron chi connectivity index (χ0n) is 17.7. The van der Waals surface area contributed by atoms with E-state index in [0.717, 1.165) is 20.8 Å². The fourth-order valence-electron chi connectivity index (χ4n) is 4.32. The molecule has 1 aliphatic rings. The van der Waals surface area contributed by atoms with Crippen molar-refractivity contribution in [3.05, 3.63) is 111 Å². The maximum Gasteiger partial charge on any atom is 0.357 e. The second kappa shape index (κ2) is 7.83. The van der Waals surface area contributed by atoms with Gasteiger partial charge in [-0.05, 0) is 47.0 Å². The molecule has 1 unspecified atom stereocenters. The second-order valence-electron chi connectivity index (χ2n) is 8.03. The number of fused-ring (bicyclic) bond motifs is 1. The number of rotatable bonds is 5. The monoisotopic (exact) mass is 476 g/mol. The summed E-state index contributed by atoms with van der Waals surface area (Å²) in [5.74, 6) is -1.27. The lowest BCUT2D eigenvalue weighted by atomic mass is 9.69. The number of hydrogen-bond acceptors (Lipinski definition) is 5. The van der Waals surface area contributed by atoms with E-state index in [1.807, 2.05) is 60.2 Å². The number of carbonyl (C=O) groups is 1. The molecule has 1 N–H and O–H groups in total. The van der Waals surface area contributed by atoms with Crippen LogP contribution in [0, 0.1) is 6.92 Å². The molecule has 0 saturated carbocycles. The van der Waals surface area contributed by atoms with E-state index in [1.165, 1.54) is 12.1 Å². The lowest BCUT2D eigenvalue weighted by molar-refractivity contribution is 0.0690. The lowest BCUT2D eigenvalue weighted by Crippen LogP contribution is -2.32. The molecule has 8 heteroatoms. The quantitative estimate of drug-likeness (QED) is 0.449. The summed E-state index contributed by atoms with van der Waals surface area (Å²) in [7, 11) is -4.10. The summed E-state index contributed by atoms with van der Waals surface area (Å²) < 4.78 is 28.1. The standard InChI is InChI=1S/C25H20N2O4S2/c1-17-7-9-20(10-8-17)33(30,31)27-22-15-25(19-12-14-32-16-19,18-5-3-2-4-6-18)13-11-21(22)23(26-27)24(28)29/h2-14,16H,15H2,1H3,(H,28,29). The Labute approximate surface area is 195 Å². The van der Waals surface area contributed by atoms with Gasteiger partial charge < -0.3 is 5.11 Å². The molecular formula is C25H20N2O4S2. The third-order valence-corrected chi connectivity index (χ3v) is 8.35. The number of carboxylic acids is 1. The highest BCUT2D eigenvalue weighted by molar-refractivity contribution is 7.89. The number of allylic oxidation sites excluding steroid dienone is 1. The fraction of sp³-hybridized carbons (Fsp3) is 0.120. The van der Waals surface area contributed by atoms with E-state index >= 15 is 0 Å². The van der Waals surface area contributed by atoms with Crippen molar-refractivity contribution in [3.8, 4) is 0 Å². The van der Waals surface area contributed by atoms with Gasteiger partial charge in [0.2, 0.25) is 0 Å². The molecule has 0 fully saturated rings. The first-order chi connectivity index (χ1) is 15.8. The third-order valence-electron chi connectivity index (χ3n) is 6.04. The molecule has 0 saturated heterocycles. The van der Waals surface area contributed by atoms with E-state index < -0.39 is 21.4 Å². The normalized spacial score (nSPS) is 17.6. The van der Waals surface area contributed by atoms with Crippen molar-refractivity contribution in [3.63, 3.8) is 0 Å². The molecule has 1 atom stereocenters. The van der Waals surface area contributed by atoms with Crippen LogP contribution in [0.4, 0.5) is 0 Å². The Bertz CT molecular complexity index is 1470. The minimum atomic E-state index is -4.10. The molecule has 0 radical (unpaired) electrons. The van der Waals surface area contributed by atoms with Crippen molar-refractivity contribution < 1.29 is 18.3 Å². The minimum absolute atomic E-state index is 0.0609. The third kappa shape index (κ3) is 3.42. The molecule has 2 heterocycles. The number of aromatic carboxylic acids is 1. The van der Waals surface area contributed by atoms with Crippen molar-refractivity contribution in [2.75, 3.05) is 0 Å². The van der Waals surface area contributed by atoms with E-state index in [9.17, 15) is 18.3 Å². The number of benzene rings is 2. The molecule has 0 aliphatic heterocycles. The first kappa shape index (κ1) is 21.4. The number of thiophene rings is 1. The van der Waals surface area contributed by atoms with Crippen molar-refractivity contribution in [2.45, 2.75) is 23.7 Å². The van der Waals surface area contributed by atoms with Crippen LogP contribution in [0.1, 0.15) is 38.4 Å². The van der Waals surface area contributed by atoms with Crippen LogP contribution in [-0.2, 0) is 21.9 Å². The predicted molar refractivity (Wildman–Crippen MR) is 127 cm³/mol. The topological polar surface area (TPSA) is 89.3 Å². The second-order valence-corrected chi connectivity index (χ2v) is 10.6. The number of nitrogens with zero attached hydrogens (tertiary/aromatic N) is 2. The highest BCUT2D eigenvalue weighted by atomic mass is 32.2. The van der Waals surface area contributed by atoms with Crippen molar-refractivity contribution in [1.82, 2.24) is 9.19 Å². The molecule has 0 spiro atoms. The Kier molecular flexibility index (Phi) is 5.07. The highest BCUT2D eigenvalue weighted by Gasteiger charge is 2.40. The Morgan fingerprint density at radius 2 is 1.79 bits per heavy atom. The molecule has 0 bridgehead atoms. The van der Waals surface area contributed by atoms with Crippen molar-refractivity contribution >= 4 is 33.4 Å². The van der Waals surface area contributed by atoms with Gasteiger partial charge in [0.15, 0.2) is 5.69 Å². The Morgan fingerprint density at radius 3 is 2.42 bits per heavy atom. The van der Waals surface area contributed by atoms with Gasteiger partial charge in [-0.3, -0.25) is 0 Å². The molecule has 1 aliphatic carbocycles. The van der Waals surface area contributed by atoms with Gasteiger partial charge in [-0.2, -0.15) is 23.8 Å². The van der Waals surface area contributed by atoms with Crippen LogP contribution in [0.15, 0.2) is 82.4 Å². The van der Waals surface area contributed by atoms with Crippen LogP contribution in [0.5, 0.6) is 0 Å². The number of hydrogen-bond donors (Lipinski definition) is 1. The van der Waals surface area contributed by atoms with E-state index in [4.69, 9.17) is 0 Å². The molecule has 33 heavy (non-hydrogen) atoms. The van der Waals surface area contributed by atoms with Crippen LogP contribution >= 0.6 is 11.3 Å². The SMILES string of the molecule is Cc1ccc(S(=O)(=O)n2nc(C(=O)O)c3c2CC(c2ccccc2)(c2ccsc2)C=C3)cc1. The molecule has 0 amide bonds. The smallest absolute Gasteiger partial charge is 0.357 e. The Balaban J connectivity index is 1.75. The van der Waals surface area contributed by atoms with Gasteiger partial charge in [-0.1, -0.05) is 60.2 Å². The molecule has 6 nitrogen and oxygen atoms in total. The molecule has 4 aromatic rings. The molecule has 5 rings (SSSR count). The predicted octanol–water partition coefficient (Wildman–Crippen LogP) is 4.74. The fourth-order valence-corrected chi connectivity index (χ4v) is 6.38. The van der Waals surface area contributed by atoms with Gasteiger partial charge in [-0.15, -0.1) is 5.10 Å². The maximum absolute atomic E-state index is 13.6. The van der Waals surface area contributed by atoms with Crippen molar-refractivity contribution in [2.24, 2.45) is 0 Å². The van der Waals surface area contributed by atoms with E-state index in [2.05, 4.69) is 5.10 Å². The van der Waals surface area contributed by atoms with Crippen LogP contribution < -0.4 is 0 Å². The van der Waals surface area contributed by atoms with E-state index in [0.29, 0.717) is 11.3 Å². The Hall–Kier alpha value is -3.49. The zero-order valence-corrected chi connectivity index (χ0v) is 19.3. The number of aryl methyl sites for hydroxylation is 1. The summed E-state index contributed by atoms with van der Waals surface area (Å²) in [5.41, 5.74) is 2.67. The van der Waals surface area contributed by atoms with Gasteiger partial charge in [0.05, 0.1) is 10.6 Å². The summed E-state index contributed by atoms with van der Waals surface area (Å²) >= 11 is 1.56. The molecule has 2 aromatic heterocycles. The highest BCUT2D eigenvalue weighted by Crippen LogP contribution is 2.43. The number of carboxylic acid groups (broad SMARTS) is 1. The average Bonchev–Trinajstić information content (AvgIpc) is 3.48. The minimum Gasteiger partial charge on any atom is -0.476 e. The van der Waals surface area contributed by atoms with Gasteiger partial charge in [-0.25, -0.2) is 4.79 Å². The van der Waals surface area contributed by atoms with Gasteiger partial charge >= 0.3 is 5.97 Å².